The second kappa shape index (κ2) is 9.36. The summed E-state index contributed by atoms with van der Waals surface area (Å²) in [6.07, 6.45) is 3.58. The Balaban J connectivity index is 1.63. The molecule has 0 radical (unpaired) electrons. The van der Waals surface area contributed by atoms with Gasteiger partial charge >= 0.3 is 0 Å². The van der Waals surface area contributed by atoms with Crippen molar-refractivity contribution in [3.63, 3.8) is 0 Å². The lowest BCUT2D eigenvalue weighted by Gasteiger charge is -2.19. The Morgan fingerprint density at radius 2 is 2.07 bits per heavy atom. The van der Waals surface area contributed by atoms with Crippen molar-refractivity contribution in [2.45, 2.75) is 45.8 Å². The van der Waals surface area contributed by atoms with Gasteiger partial charge in [-0.2, -0.15) is 0 Å². The first-order valence-electron chi connectivity index (χ1n) is 10.3. The molecule has 1 fully saturated rings. The average molecular weight is 445 g/mol. The number of hydrogen-bond acceptors (Lipinski definition) is 4. The Labute approximate surface area is 186 Å². The number of aryl methyl sites for hydroxylation is 2. The molecule has 158 valence electrons. The second-order valence-corrected chi connectivity index (χ2v) is 9.35. The molecule has 0 spiro atoms. The lowest BCUT2D eigenvalue weighted by molar-refractivity contribution is 0.389. The minimum Gasteiger partial charge on any atom is -0.477 e. The summed E-state index contributed by atoms with van der Waals surface area (Å²) in [4.78, 5) is 6.03. The number of aromatic nitrogens is 1. The highest BCUT2D eigenvalue weighted by molar-refractivity contribution is 7.16. The van der Waals surface area contributed by atoms with Crippen molar-refractivity contribution in [1.82, 2.24) is 4.98 Å². The van der Waals surface area contributed by atoms with Crippen molar-refractivity contribution in [3.8, 4) is 17.0 Å². The minimum atomic E-state index is -0.443. The maximum Gasteiger partial charge on any atom is 0.183 e. The third-order valence-corrected chi connectivity index (χ3v) is 6.48. The first kappa shape index (κ1) is 21.1. The van der Waals surface area contributed by atoms with Crippen LogP contribution in [0.15, 0.2) is 42.5 Å². The van der Waals surface area contributed by atoms with Gasteiger partial charge in [-0.15, -0.1) is 11.3 Å². The SMILES string of the molecule is Cc1ccc(OCCl)c(-c2nc(NC(CC3CC3)c3cccc(CF)c3)sc2C)c1. The van der Waals surface area contributed by atoms with Gasteiger partial charge in [-0.3, -0.25) is 0 Å². The number of anilines is 1. The van der Waals surface area contributed by atoms with Crippen LogP contribution in [0.1, 0.15) is 46.9 Å². The van der Waals surface area contributed by atoms with E-state index < -0.39 is 6.67 Å². The highest BCUT2D eigenvalue weighted by atomic mass is 35.5. The predicted molar refractivity (Wildman–Crippen MR) is 123 cm³/mol. The molecule has 0 amide bonds. The van der Waals surface area contributed by atoms with Crippen LogP contribution >= 0.6 is 22.9 Å². The third kappa shape index (κ3) is 4.96. The first-order chi connectivity index (χ1) is 14.6. The van der Waals surface area contributed by atoms with E-state index in [0.717, 1.165) is 50.5 Å². The van der Waals surface area contributed by atoms with Gasteiger partial charge in [0.1, 0.15) is 12.4 Å². The van der Waals surface area contributed by atoms with Crippen molar-refractivity contribution in [1.29, 1.82) is 0 Å². The summed E-state index contributed by atoms with van der Waals surface area (Å²) in [5.41, 5.74) is 4.84. The quantitative estimate of drug-likeness (QED) is 0.348. The van der Waals surface area contributed by atoms with Crippen LogP contribution in [0.4, 0.5) is 9.52 Å². The van der Waals surface area contributed by atoms with Gasteiger partial charge in [-0.25, -0.2) is 9.37 Å². The van der Waals surface area contributed by atoms with E-state index in [0.29, 0.717) is 5.56 Å². The van der Waals surface area contributed by atoms with E-state index in [1.165, 1.54) is 12.8 Å². The molecule has 1 atom stereocenters. The molecule has 4 rings (SSSR count). The van der Waals surface area contributed by atoms with E-state index >= 15 is 0 Å². The zero-order valence-corrected chi connectivity index (χ0v) is 18.8. The third-order valence-electron chi connectivity index (χ3n) is 5.47. The zero-order valence-electron chi connectivity index (χ0n) is 17.3. The van der Waals surface area contributed by atoms with Gasteiger partial charge in [0.2, 0.25) is 0 Å². The van der Waals surface area contributed by atoms with Crippen LogP contribution in [-0.4, -0.2) is 11.1 Å². The fourth-order valence-corrected chi connectivity index (χ4v) is 4.73. The fraction of sp³-hybridized carbons (Fsp3) is 0.375. The van der Waals surface area contributed by atoms with Gasteiger partial charge in [0, 0.05) is 10.4 Å². The van der Waals surface area contributed by atoms with Gasteiger partial charge in [0.05, 0.1) is 11.7 Å². The molecule has 3 nitrogen and oxygen atoms in total. The minimum absolute atomic E-state index is 0.0960. The molecule has 1 saturated carbocycles. The highest BCUT2D eigenvalue weighted by Gasteiger charge is 2.27. The lowest BCUT2D eigenvalue weighted by atomic mass is 9.99. The van der Waals surface area contributed by atoms with Crippen molar-refractivity contribution in [2.24, 2.45) is 5.92 Å². The van der Waals surface area contributed by atoms with Gasteiger partial charge in [-0.1, -0.05) is 60.3 Å². The van der Waals surface area contributed by atoms with Gasteiger partial charge < -0.3 is 10.1 Å². The molecule has 2 aromatic carbocycles. The largest absolute Gasteiger partial charge is 0.477 e. The van der Waals surface area contributed by atoms with Crippen LogP contribution in [0.25, 0.3) is 11.3 Å². The number of halogens is 2. The molecular formula is C24H26ClFN2OS. The molecule has 0 aliphatic heterocycles. The number of nitrogens with one attached hydrogen (secondary N) is 1. The van der Waals surface area contributed by atoms with E-state index in [1.54, 1.807) is 11.3 Å². The fourth-order valence-electron chi connectivity index (χ4n) is 3.73. The van der Waals surface area contributed by atoms with E-state index in [-0.39, 0.29) is 12.1 Å². The summed E-state index contributed by atoms with van der Waals surface area (Å²) in [5.74, 6) is 1.47. The van der Waals surface area contributed by atoms with Crippen molar-refractivity contribution in [2.75, 3.05) is 11.4 Å². The van der Waals surface area contributed by atoms with Gasteiger partial charge in [0.25, 0.3) is 0 Å². The molecule has 1 aromatic heterocycles. The van der Waals surface area contributed by atoms with Crippen molar-refractivity contribution in [3.05, 3.63) is 64.0 Å². The van der Waals surface area contributed by atoms with Crippen molar-refractivity contribution < 1.29 is 9.13 Å². The monoisotopic (exact) mass is 444 g/mol. The predicted octanol–water partition coefficient (Wildman–Crippen LogP) is 7.42. The lowest BCUT2D eigenvalue weighted by Crippen LogP contribution is -2.12. The molecule has 1 N–H and O–H groups in total. The van der Waals surface area contributed by atoms with Crippen molar-refractivity contribution >= 4 is 28.1 Å². The molecule has 1 aliphatic carbocycles. The van der Waals surface area contributed by atoms with E-state index in [4.69, 9.17) is 21.3 Å². The van der Waals surface area contributed by atoms with Crippen LogP contribution in [0, 0.1) is 19.8 Å². The molecule has 1 aliphatic rings. The van der Waals surface area contributed by atoms with Crippen LogP contribution in [-0.2, 0) is 6.67 Å². The summed E-state index contributed by atoms with van der Waals surface area (Å²) in [6, 6.07) is 14.1. The normalized spacial score (nSPS) is 14.5. The summed E-state index contributed by atoms with van der Waals surface area (Å²) in [6.45, 7) is 3.68. The molecule has 0 bridgehead atoms. The van der Waals surface area contributed by atoms with Crippen LogP contribution in [0.2, 0.25) is 0 Å². The molecule has 3 aromatic rings. The second-order valence-electron chi connectivity index (χ2n) is 7.93. The summed E-state index contributed by atoms with van der Waals surface area (Å²) >= 11 is 7.45. The zero-order chi connectivity index (χ0) is 21.1. The smallest absolute Gasteiger partial charge is 0.183 e. The molecule has 0 saturated heterocycles. The summed E-state index contributed by atoms with van der Waals surface area (Å²) in [5, 5.41) is 4.51. The number of rotatable bonds is 9. The maximum absolute atomic E-state index is 13.2. The highest BCUT2D eigenvalue weighted by Crippen LogP contribution is 2.41. The number of nitrogens with zero attached hydrogens (tertiary/aromatic N) is 1. The molecular weight excluding hydrogens is 419 g/mol. The topological polar surface area (TPSA) is 34.1 Å². The number of benzene rings is 2. The van der Waals surface area contributed by atoms with Crippen LogP contribution in [0.5, 0.6) is 5.75 Å². The van der Waals surface area contributed by atoms with E-state index in [1.807, 2.05) is 30.3 Å². The van der Waals surface area contributed by atoms with Crippen LogP contribution < -0.4 is 10.1 Å². The maximum atomic E-state index is 13.2. The van der Waals surface area contributed by atoms with E-state index in [9.17, 15) is 4.39 Å². The van der Waals surface area contributed by atoms with Crippen LogP contribution in [0.3, 0.4) is 0 Å². The summed E-state index contributed by atoms with van der Waals surface area (Å²) < 4.78 is 18.8. The first-order valence-corrected chi connectivity index (χ1v) is 11.6. The Hall–Kier alpha value is -2.11. The Kier molecular flexibility index (Phi) is 6.59. The number of hydrogen-bond donors (Lipinski definition) is 1. The Morgan fingerprint density at radius 3 is 2.80 bits per heavy atom. The van der Waals surface area contributed by atoms with Gasteiger partial charge in [-0.05, 0) is 49.4 Å². The number of thiazole rings is 1. The average Bonchev–Trinajstić information content (AvgIpc) is 3.49. The number of ether oxygens (including phenoxy) is 1. The standard InChI is InChI=1S/C24H26ClFN2OS/c1-15-6-9-22(29-14-25)20(10-15)23-16(2)30-24(28-23)27-21(12-17-7-8-17)19-5-3-4-18(11-19)13-26/h3-6,9-11,17,21H,7-8,12-14H2,1-2H3,(H,27,28). The Bertz CT molecular complexity index is 1020. The molecule has 6 heteroatoms. The molecule has 30 heavy (non-hydrogen) atoms. The van der Waals surface area contributed by atoms with Gasteiger partial charge in [0.15, 0.2) is 11.2 Å². The molecule has 1 unspecified atom stereocenters. The molecule has 1 heterocycles. The Morgan fingerprint density at radius 1 is 1.23 bits per heavy atom. The van der Waals surface area contributed by atoms with E-state index in [2.05, 4.69) is 31.3 Å². The number of alkyl halides is 2. The summed E-state index contributed by atoms with van der Waals surface area (Å²) in [7, 11) is 0.